The Morgan fingerprint density at radius 1 is 0.600 bits per heavy atom. The second kappa shape index (κ2) is 21.3. The van der Waals surface area contributed by atoms with Crippen molar-refractivity contribution in [2.75, 3.05) is 19.8 Å². The first-order chi connectivity index (χ1) is 14.9. The Morgan fingerprint density at radius 2 is 1.13 bits per heavy atom. The van der Waals surface area contributed by atoms with Gasteiger partial charge in [-0.3, -0.25) is 0 Å². The van der Waals surface area contributed by atoms with Gasteiger partial charge in [0.25, 0.3) is 0 Å². The van der Waals surface area contributed by atoms with Crippen LogP contribution >= 0.6 is 0 Å². The summed E-state index contributed by atoms with van der Waals surface area (Å²) in [6.07, 6.45) is 17.3. The van der Waals surface area contributed by atoms with E-state index in [9.17, 15) is 0 Å². The molecule has 30 heavy (non-hydrogen) atoms. The van der Waals surface area contributed by atoms with E-state index < -0.39 is 0 Å². The van der Waals surface area contributed by atoms with E-state index in [0.717, 1.165) is 45.5 Å². The predicted octanol–water partition coefficient (Wildman–Crippen LogP) is 8.06. The molecule has 0 unspecified atom stereocenters. The maximum Gasteiger partial charge on any atom is 0.157 e. The molecule has 0 fully saturated rings. The zero-order valence-electron chi connectivity index (χ0n) is 19.9. The van der Waals surface area contributed by atoms with E-state index in [-0.39, 0.29) is 6.29 Å². The van der Waals surface area contributed by atoms with Crippen molar-refractivity contribution in [3.05, 3.63) is 35.9 Å². The molecule has 0 aliphatic heterocycles. The van der Waals surface area contributed by atoms with Gasteiger partial charge in [0, 0.05) is 26.2 Å². The van der Waals surface area contributed by atoms with Gasteiger partial charge in [-0.2, -0.15) is 0 Å². The maximum atomic E-state index is 6.08. The molecular formula is C27H48O3. The van der Waals surface area contributed by atoms with Crippen LogP contribution in [0.5, 0.6) is 0 Å². The largest absolute Gasteiger partial charge is 0.377 e. The lowest BCUT2D eigenvalue weighted by Gasteiger charge is -2.19. The van der Waals surface area contributed by atoms with Crippen LogP contribution in [0.2, 0.25) is 0 Å². The number of unbranched alkanes of at least 4 members (excludes halogenated alkanes) is 10. The van der Waals surface area contributed by atoms with Gasteiger partial charge in [0.05, 0.1) is 6.61 Å². The van der Waals surface area contributed by atoms with Crippen molar-refractivity contribution in [3.8, 4) is 0 Å². The van der Waals surface area contributed by atoms with Crippen molar-refractivity contribution >= 4 is 0 Å². The number of benzene rings is 1. The summed E-state index contributed by atoms with van der Waals surface area (Å²) >= 11 is 0. The first kappa shape index (κ1) is 27.1. The first-order valence-electron chi connectivity index (χ1n) is 12.7. The molecular weight excluding hydrogens is 372 g/mol. The Morgan fingerprint density at radius 3 is 1.70 bits per heavy atom. The van der Waals surface area contributed by atoms with Crippen molar-refractivity contribution in [1.82, 2.24) is 0 Å². The first-order valence-corrected chi connectivity index (χ1v) is 12.7. The van der Waals surface area contributed by atoms with E-state index in [4.69, 9.17) is 14.2 Å². The van der Waals surface area contributed by atoms with Gasteiger partial charge in [0.15, 0.2) is 6.29 Å². The van der Waals surface area contributed by atoms with Crippen molar-refractivity contribution in [3.63, 3.8) is 0 Å². The molecule has 0 aliphatic rings. The average molecular weight is 421 g/mol. The smallest absolute Gasteiger partial charge is 0.157 e. The van der Waals surface area contributed by atoms with Crippen LogP contribution < -0.4 is 0 Å². The van der Waals surface area contributed by atoms with Gasteiger partial charge in [-0.25, -0.2) is 0 Å². The number of hydrogen-bond donors (Lipinski definition) is 0. The van der Waals surface area contributed by atoms with Crippen LogP contribution in [-0.2, 0) is 20.8 Å². The molecule has 3 heteroatoms. The summed E-state index contributed by atoms with van der Waals surface area (Å²) in [7, 11) is 0. The van der Waals surface area contributed by atoms with Gasteiger partial charge in [-0.05, 0) is 24.8 Å². The van der Waals surface area contributed by atoms with Crippen molar-refractivity contribution in [2.24, 2.45) is 0 Å². The molecule has 0 spiro atoms. The van der Waals surface area contributed by atoms with E-state index in [2.05, 4.69) is 38.1 Å². The molecule has 174 valence electrons. The van der Waals surface area contributed by atoms with Gasteiger partial charge in [-0.15, -0.1) is 0 Å². The summed E-state index contributed by atoms with van der Waals surface area (Å²) < 4.78 is 18.0. The molecule has 0 heterocycles. The lowest BCUT2D eigenvalue weighted by atomic mass is 10.1. The summed E-state index contributed by atoms with van der Waals surface area (Å²) in [6, 6.07) is 10.4. The van der Waals surface area contributed by atoms with Gasteiger partial charge >= 0.3 is 0 Å². The minimum atomic E-state index is -0.0726. The molecule has 1 aromatic rings. The molecule has 0 N–H and O–H groups in total. The number of ether oxygens (including phenoxy) is 3. The third kappa shape index (κ3) is 16.8. The number of rotatable bonds is 22. The summed E-state index contributed by atoms with van der Waals surface area (Å²) in [6.45, 7) is 7.60. The molecule has 0 bridgehead atoms. The summed E-state index contributed by atoms with van der Waals surface area (Å²) in [5.74, 6) is 0. The van der Waals surface area contributed by atoms with Gasteiger partial charge < -0.3 is 14.2 Å². The van der Waals surface area contributed by atoms with Crippen LogP contribution in [0.3, 0.4) is 0 Å². The zero-order chi connectivity index (χ0) is 21.5. The molecule has 0 amide bonds. The van der Waals surface area contributed by atoms with Crippen LogP contribution in [0.4, 0.5) is 0 Å². The highest BCUT2D eigenvalue weighted by Gasteiger charge is 2.09. The quantitative estimate of drug-likeness (QED) is 0.140. The SMILES string of the molecule is CCCCCCCCOC(CCCOCc1ccccc1)OCCCCCCCC. The summed E-state index contributed by atoms with van der Waals surface area (Å²) in [5, 5.41) is 0. The Hall–Kier alpha value is -0.900. The third-order valence-corrected chi connectivity index (χ3v) is 5.44. The highest BCUT2D eigenvalue weighted by Crippen LogP contribution is 2.12. The van der Waals surface area contributed by atoms with Crippen molar-refractivity contribution < 1.29 is 14.2 Å². The third-order valence-electron chi connectivity index (χ3n) is 5.44. The van der Waals surface area contributed by atoms with Gasteiger partial charge in [0.1, 0.15) is 0 Å². The zero-order valence-corrected chi connectivity index (χ0v) is 19.9. The highest BCUT2D eigenvalue weighted by atomic mass is 16.7. The predicted molar refractivity (Wildman–Crippen MR) is 128 cm³/mol. The van der Waals surface area contributed by atoms with E-state index in [1.165, 1.54) is 69.8 Å². The molecule has 0 aromatic heterocycles. The minimum Gasteiger partial charge on any atom is -0.377 e. The molecule has 0 saturated carbocycles. The molecule has 0 saturated heterocycles. The maximum absolute atomic E-state index is 6.08. The molecule has 0 radical (unpaired) electrons. The van der Waals surface area contributed by atoms with Crippen LogP contribution in [0.25, 0.3) is 0 Å². The van der Waals surface area contributed by atoms with Gasteiger partial charge in [-0.1, -0.05) is 108 Å². The fourth-order valence-corrected chi connectivity index (χ4v) is 3.53. The van der Waals surface area contributed by atoms with Crippen LogP contribution in [0.1, 0.15) is 109 Å². The molecule has 1 aromatic carbocycles. The second-order valence-corrected chi connectivity index (χ2v) is 8.39. The van der Waals surface area contributed by atoms with Gasteiger partial charge in [0.2, 0.25) is 0 Å². The topological polar surface area (TPSA) is 27.7 Å². The Balaban J connectivity index is 2.15. The number of hydrogen-bond acceptors (Lipinski definition) is 3. The Kier molecular flexibility index (Phi) is 19.3. The normalized spacial score (nSPS) is 11.4. The fourth-order valence-electron chi connectivity index (χ4n) is 3.53. The molecule has 1 rings (SSSR count). The molecule has 0 atom stereocenters. The van der Waals surface area contributed by atoms with E-state index in [1.807, 2.05) is 6.07 Å². The Labute approximate surface area is 186 Å². The molecule has 0 aliphatic carbocycles. The Bertz CT molecular complexity index is 431. The van der Waals surface area contributed by atoms with E-state index in [1.54, 1.807) is 0 Å². The minimum absolute atomic E-state index is 0.0726. The van der Waals surface area contributed by atoms with E-state index >= 15 is 0 Å². The van der Waals surface area contributed by atoms with Crippen LogP contribution in [0.15, 0.2) is 30.3 Å². The van der Waals surface area contributed by atoms with Crippen LogP contribution in [-0.4, -0.2) is 26.1 Å². The molecule has 3 nitrogen and oxygen atoms in total. The monoisotopic (exact) mass is 420 g/mol. The van der Waals surface area contributed by atoms with Crippen LogP contribution in [0, 0.1) is 0 Å². The average Bonchev–Trinajstić information content (AvgIpc) is 2.77. The van der Waals surface area contributed by atoms with Crippen molar-refractivity contribution in [2.45, 2.75) is 117 Å². The lowest BCUT2D eigenvalue weighted by Crippen LogP contribution is -2.19. The standard InChI is InChI=1S/C27H48O3/c1-3-5-7-9-11-16-23-29-27(30-24-17-12-10-8-6-4-2)21-18-22-28-25-26-19-14-13-15-20-26/h13-15,19-20,27H,3-12,16-18,21-25H2,1-2H3. The summed E-state index contributed by atoms with van der Waals surface area (Å²) in [4.78, 5) is 0. The highest BCUT2D eigenvalue weighted by molar-refractivity contribution is 5.13. The second-order valence-electron chi connectivity index (χ2n) is 8.39. The lowest BCUT2D eigenvalue weighted by molar-refractivity contribution is -0.149. The van der Waals surface area contributed by atoms with Crippen molar-refractivity contribution in [1.29, 1.82) is 0 Å². The van der Waals surface area contributed by atoms with E-state index in [0.29, 0.717) is 6.61 Å². The fraction of sp³-hybridized carbons (Fsp3) is 0.778. The summed E-state index contributed by atoms with van der Waals surface area (Å²) in [5.41, 5.74) is 1.23.